The molecule has 0 aliphatic carbocycles. The van der Waals surface area contributed by atoms with Crippen molar-refractivity contribution in [3.05, 3.63) is 22.4 Å². The lowest BCUT2D eigenvalue weighted by Gasteiger charge is -2.32. The number of nitrogens with zero attached hydrogens (tertiary/aromatic N) is 3. The van der Waals surface area contributed by atoms with Crippen LogP contribution in [0.25, 0.3) is 0 Å². The number of hydrogen-bond acceptors (Lipinski definition) is 4. The van der Waals surface area contributed by atoms with Crippen LogP contribution in [0, 0.1) is 5.92 Å². The predicted molar refractivity (Wildman–Crippen MR) is 101 cm³/mol. The second-order valence-corrected chi connectivity index (χ2v) is 8.97. The lowest BCUT2D eigenvalue weighted by atomic mass is 10.1. The fraction of sp³-hybridized carbons (Fsp3) is 0.632. The minimum absolute atomic E-state index is 0.0456. The van der Waals surface area contributed by atoms with Gasteiger partial charge in [-0.05, 0) is 38.6 Å². The van der Waals surface area contributed by atoms with E-state index in [-0.39, 0.29) is 29.2 Å². The van der Waals surface area contributed by atoms with Crippen LogP contribution in [0.2, 0.25) is 0 Å². The number of likely N-dealkylation sites (tertiary alicyclic amines) is 1. The van der Waals surface area contributed by atoms with E-state index in [0.29, 0.717) is 39.1 Å². The zero-order valence-corrected chi connectivity index (χ0v) is 16.6. The van der Waals surface area contributed by atoms with Crippen molar-refractivity contribution in [2.24, 2.45) is 5.92 Å². The summed E-state index contributed by atoms with van der Waals surface area (Å²) in [6, 6.07) is 3.72. The summed E-state index contributed by atoms with van der Waals surface area (Å²) in [6.45, 7) is 8.89. The lowest BCUT2D eigenvalue weighted by Crippen LogP contribution is -2.44. The maximum absolute atomic E-state index is 12.9. The van der Waals surface area contributed by atoms with Gasteiger partial charge in [0.15, 0.2) is 0 Å². The number of hydrogen-bond donors (Lipinski definition) is 0. The number of carbonyl (C=O) groups excluding carboxylic acids is 3. The van der Waals surface area contributed by atoms with Crippen molar-refractivity contribution in [1.82, 2.24) is 14.7 Å². The van der Waals surface area contributed by atoms with Gasteiger partial charge < -0.3 is 14.7 Å². The molecule has 3 rings (SSSR count). The number of carbonyl (C=O) groups is 3. The average Bonchev–Trinajstić information content (AvgIpc) is 3.17. The van der Waals surface area contributed by atoms with Gasteiger partial charge in [-0.1, -0.05) is 6.07 Å². The highest BCUT2D eigenvalue weighted by molar-refractivity contribution is 7.12. The van der Waals surface area contributed by atoms with Crippen molar-refractivity contribution in [2.45, 2.75) is 39.2 Å². The van der Waals surface area contributed by atoms with Gasteiger partial charge in [0.1, 0.15) is 0 Å². The van der Waals surface area contributed by atoms with Crippen LogP contribution in [-0.4, -0.2) is 70.7 Å². The van der Waals surface area contributed by atoms with Crippen LogP contribution in [0.1, 0.15) is 43.3 Å². The van der Waals surface area contributed by atoms with Crippen LogP contribution < -0.4 is 0 Å². The van der Waals surface area contributed by atoms with Crippen molar-refractivity contribution in [2.75, 3.05) is 32.7 Å². The Morgan fingerprint density at radius 1 is 1.12 bits per heavy atom. The molecule has 7 heteroatoms. The molecule has 2 aliphatic rings. The van der Waals surface area contributed by atoms with E-state index in [9.17, 15) is 14.4 Å². The smallest absolute Gasteiger partial charge is 0.263 e. The van der Waals surface area contributed by atoms with E-state index >= 15 is 0 Å². The van der Waals surface area contributed by atoms with E-state index in [2.05, 4.69) is 0 Å². The first kappa shape index (κ1) is 18.9. The van der Waals surface area contributed by atoms with Gasteiger partial charge in [0.25, 0.3) is 5.91 Å². The van der Waals surface area contributed by atoms with Gasteiger partial charge in [-0.15, -0.1) is 11.3 Å². The normalized spacial score (nSPS) is 21.9. The fourth-order valence-electron chi connectivity index (χ4n) is 3.68. The van der Waals surface area contributed by atoms with E-state index < -0.39 is 0 Å². The lowest BCUT2D eigenvalue weighted by molar-refractivity contribution is -0.135. The molecule has 2 fully saturated rings. The summed E-state index contributed by atoms with van der Waals surface area (Å²) < 4.78 is 0. The minimum atomic E-state index is -0.263. The molecule has 3 amide bonds. The van der Waals surface area contributed by atoms with Gasteiger partial charge in [-0.25, -0.2) is 0 Å². The SMILES string of the molecule is CC(C)(C)N1CC(C(=O)N2CCCN(C(=O)c3cccs3)CC2)CC1=O. The van der Waals surface area contributed by atoms with Crippen molar-refractivity contribution in [1.29, 1.82) is 0 Å². The molecule has 1 aromatic rings. The fourth-order valence-corrected chi connectivity index (χ4v) is 4.37. The van der Waals surface area contributed by atoms with E-state index in [1.54, 1.807) is 4.90 Å². The second-order valence-electron chi connectivity index (χ2n) is 8.02. The summed E-state index contributed by atoms with van der Waals surface area (Å²) >= 11 is 1.45. The van der Waals surface area contributed by atoms with E-state index in [1.165, 1.54) is 11.3 Å². The monoisotopic (exact) mass is 377 g/mol. The number of rotatable bonds is 2. The van der Waals surface area contributed by atoms with Gasteiger partial charge in [0.2, 0.25) is 11.8 Å². The third-order valence-corrected chi connectivity index (χ3v) is 5.97. The van der Waals surface area contributed by atoms with E-state index in [0.717, 1.165) is 11.3 Å². The van der Waals surface area contributed by atoms with Crippen LogP contribution in [0.3, 0.4) is 0 Å². The molecule has 2 aliphatic heterocycles. The molecule has 6 nitrogen and oxygen atoms in total. The Kier molecular flexibility index (Phi) is 5.37. The zero-order valence-electron chi connectivity index (χ0n) is 15.7. The highest BCUT2D eigenvalue weighted by Crippen LogP contribution is 2.27. The first-order valence-corrected chi connectivity index (χ1v) is 10.1. The molecule has 0 saturated carbocycles. The highest BCUT2D eigenvalue weighted by Gasteiger charge is 2.41. The molecule has 142 valence electrons. The average molecular weight is 378 g/mol. The number of amides is 3. The van der Waals surface area contributed by atoms with Gasteiger partial charge in [-0.3, -0.25) is 14.4 Å². The molecular formula is C19H27N3O3S. The standard InChI is InChI=1S/C19H27N3O3S/c1-19(2,3)22-13-14(12-16(22)23)17(24)20-7-5-8-21(10-9-20)18(25)15-6-4-11-26-15/h4,6,11,14H,5,7-10,12-13H2,1-3H3. The van der Waals surface area contributed by atoms with Crippen LogP contribution >= 0.6 is 11.3 Å². The van der Waals surface area contributed by atoms with Gasteiger partial charge in [0.05, 0.1) is 10.8 Å². The van der Waals surface area contributed by atoms with Gasteiger partial charge >= 0.3 is 0 Å². The zero-order chi connectivity index (χ0) is 18.9. The summed E-state index contributed by atoms with van der Waals surface area (Å²) in [5, 5.41) is 1.90. The first-order chi connectivity index (χ1) is 12.3. The Morgan fingerprint density at radius 3 is 2.42 bits per heavy atom. The summed E-state index contributed by atoms with van der Waals surface area (Å²) in [6.07, 6.45) is 1.07. The van der Waals surface area contributed by atoms with Crippen LogP contribution in [0.4, 0.5) is 0 Å². The summed E-state index contributed by atoms with van der Waals surface area (Å²) in [4.78, 5) is 43.9. The summed E-state index contributed by atoms with van der Waals surface area (Å²) in [7, 11) is 0. The van der Waals surface area contributed by atoms with Crippen molar-refractivity contribution < 1.29 is 14.4 Å². The first-order valence-electron chi connectivity index (χ1n) is 9.19. The van der Waals surface area contributed by atoms with Crippen LogP contribution in [0.15, 0.2) is 17.5 Å². The Morgan fingerprint density at radius 2 is 1.81 bits per heavy atom. The molecule has 0 N–H and O–H groups in total. The molecule has 0 radical (unpaired) electrons. The van der Waals surface area contributed by atoms with E-state index in [1.807, 2.05) is 48.1 Å². The summed E-state index contributed by atoms with van der Waals surface area (Å²) in [5.41, 5.74) is -0.255. The molecule has 1 atom stereocenters. The predicted octanol–water partition coefficient (Wildman–Crippen LogP) is 2.07. The quantitative estimate of drug-likeness (QED) is 0.793. The van der Waals surface area contributed by atoms with Crippen LogP contribution in [0.5, 0.6) is 0 Å². The molecular weight excluding hydrogens is 350 g/mol. The molecule has 0 spiro atoms. The topological polar surface area (TPSA) is 60.9 Å². The minimum Gasteiger partial charge on any atom is -0.341 e. The largest absolute Gasteiger partial charge is 0.341 e. The maximum atomic E-state index is 12.9. The Bertz CT molecular complexity index is 681. The molecule has 0 bridgehead atoms. The Hall–Kier alpha value is -1.89. The van der Waals surface area contributed by atoms with Crippen LogP contribution in [-0.2, 0) is 9.59 Å². The summed E-state index contributed by atoms with van der Waals surface area (Å²) in [5.74, 6) is -0.110. The third-order valence-electron chi connectivity index (χ3n) is 5.11. The Labute approximate surface area is 158 Å². The molecule has 26 heavy (non-hydrogen) atoms. The van der Waals surface area contributed by atoms with E-state index in [4.69, 9.17) is 0 Å². The molecule has 2 saturated heterocycles. The van der Waals surface area contributed by atoms with Gasteiger partial charge in [0, 0.05) is 44.7 Å². The second kappa shape index (κ2) is 7.39. The molecule has 1 aromatic heterocycles. The van der Waals surface area contributed by atoms with Gasteiger partial charge in [-0.2, -0.15) is 0 Å². The van der Waals surface area contributed by atoms with Crippen molar-refractivity contribution in [3.63, 3.8) is 0 Å². The molecule has 1 unspecified atom stereocenters. The molecule has 0 aromatic carbocycles. The van der Waals surface area contributed by atoms with Crippen molar-refractivity contribution in [3.8, 4) is 0 Å². The Balaban J connectivity index is 1.60. The third kappa shape index (κ3) is 3.92. The highest BCUT2D eigenvalue weighted by atomic mass is 32.1. The maximum Gasteiger partial charge on any atom is 0.263 e. The number of thiophene rings is 1. The molecule has 3 heterocycles. The van der Waals surface area contributed by atoms with Crippen molar-refractivity contribution >= 4 is 29.1 Å².